The van der Waals surface area contributed by atoms with Gasteiger partial charge in [-0.1, -0.05) is 48.5 Å². The van der Waals surface area contributed by atoms with E-state index < -0.39 is 5.41 Å². The first kappa shape index (κ1) is 12.3. The molecule has 1 aliphatic heterocycles. The topological polar surface area (TPSA) is 32.7 Å². The molecule has 0 bridgehead atoms. The Balaban J connectivity index is 1.68. The molecular weight excluding hydrogens is 260 g/mol. The molecule has 21 heavy (non-hydrogen) atoms. The van der Waals surface area contributed by atoms with Gasteiger partial charge in [0, 0.05) is 5.92 Å². The highest BCUT2D eigenvalue weighted by Gasteiger charge is 2.66. The van der Waals surface area contributed by atoms with E-state index in [0.29, 0.717) is 0 Å². The maximum Gasteiger partial charge on any atom is 0.260 e. The van der Waals surface area contributed by atoms with Crippen molar-refractivity contribution in [2.75, 3.05) is 5.01 Å². The van der Waals surface area contributed by atoms with E-state index in [4.69, 9.17) is 0 Å². The van der Waals surface area contributed by atoms with Crippen LogP contribution >= 0.6 is 0 Å². The van der Waals surface area contributed by atoms with Crippen molar-refractivity contribution in [1.82, 2.24) is 0 Å². The van der Waals surface area contributed by atoms with Crippen LogP contribution in [-0.2, 0) is 4.79 Å². The Kier molecular flexibility index (Phi) is 2.52. The average Bonchev–Trinajstić information content (AvgIpc) is 3.25. The van der Waals surface area contributed by atoms with Crippen LogP contribution in [0.25, 0.3) is 0 Å². The lowest BCUT2D eigenvalue weighted by Gasteiger charge is -2.14. The van der Waals surface area contributed by atoms with Gasteiger partial charge in [-0.25, -0.2) is 0 Å². The summed E-state index contributed by atoms with van der Waals surface area (Å²) in [6, 6.07) is 19.9. The summed E-state index contributed by atoms with van der Waals surface area (Å²) in [6.45, 7) is 1.98. The number of carbonyl (C=O) groups excluding carboxylic acids is 1. The molecule has 1 heterocycles. The lowest BCUT2D eigenvalue weighted by molar-refractivity contribution is -0.120. The molecule has 0 aromatic heterocycles. The Morgan fingerprint density at radius 2 is 1.67 bits per heavy atom. The number of hydrogen-bond acceptors (Lipinski definition) is 2. The number of anilines is 1. The Hall–Kier alpha value is -2.42. The van der Waals surface area contributed by atoms with Gasteiger partial charge in [0.2, 0.25) is 0 Å². The summed E-state index contributed by atoms with van der Waals surface area (Å²) in [5, 5.41) is 6.10. The first-order valence-corrected chi connectivity index (χ1v) is 7.24. The summed E-state index contributed by atoms with van der Waals surface area (Å²) in [5.41, 5.74) is 2.61. The zero-order valence-corrected chi connectivity index (χ0v) is 11.9. The monoisotopic (exact) mass is 276 g/mol. The third kappa shape index (κ3) is 1.67. The molecule has 1 amide bonds. The molecule has 3 heteroatoms. The maximum absolute atomic E-state index is 12.9. The number of para-hydroxylation sites is 1. The zero-order valence-electron chi connectivity index (χ0n) is 11.9. The maximum atomic E-state index is 12.9. The van der Waals surface area contributed by atoms with Gasteiger partial charge in [0.1, 0.15) is 0 Å². The lowest BCUT2D eigenvalue weighted by Crippen LogP contribution is -2.29. The minimum absolute atomic E-state index is 0.111. The summed E-state index contributed by atoms with van der Waals surface area (Å²) in [6.07, 6.45) is 0.870. The number of nitrogens with zero attached hydrogens (tertiary/aromatic N) is 2. The predicted molar refractivity (Wildman–Crippen MR) is 83.3 cm³/mol. The van der Waals surface area contributed by atoms with Crippen molar-refractivity contribution in [3.8, 4) is 0 Å². The number of amides is 1. The Morgan fingerprint density at radius 1 is 1.05 bits per heavy atom. The molecule has 2 unspecified atom stereocenters. The molecule has 1 saturated carbocycles. The first-order valence-electron chi connectivity index (χ1n) is 7.24. The van der Waals surface area contributed by atoms with Crippen LogP contribution in [0.3, 0.4) is 0 Å². The van der Waals surface area contributed by atoms with Crippen LogP contribution < -0.4 is 5.01 Å². The van der Waals surface area contributed by atoms with Crippen molar-refractivity contribution in [2.24, 2.45) is 10.5 Å². The van der Waals surface area contributed by atoms with Gasteiger partial charge in [0.25, 0.3) is 5.91 Å². The molecule has 4 rings (SSSR count). The third-order valence-electron chi connectivity index (χ3n) is 4.63. The fraction of sp³-hybridized carbons (Fsp3) is 0.222. The van der Waals surface area contributed by atoms with Crippen molar-refractivity contribution in [2.45, 2.75) is 19.3 Å². The van der Waals surface area contributed by atoms with E-state index >= 15 is 0 Å². The molecular formula is C18H16N2O. The number of benzene rings is 2. The summed E-state index contributed by atoms with van der Waals surface area (Å²) < 4.78 is 0. The van der Waals surface area contributed by atoms with Crippen LogP contribution in [0.5, 0.6) is 0 Å². The number of carbonyl (C=O) groups is 1. The zero-order chi connectivity index (χ0) is 14.4. The van der Waals surface area contributed by atoms with Crippen LogP contribution in [0.1, 0.15) is 24.8 Å². The molecule has 2 aromatic rings. The van der Waals surface area contributed by atoms with Crippen LogP contribution in [0.15, 0.2) is 65.8 Å². The Morgan fingerprint density at radius 3 is 2.33 bits per heavy atom. The molecule has 0 saturated heterocycles. The van der Waals surface area contributed by atoms with Gasteiger partial charge >= 0.3 is 0 Å². The van der Waals surface area contributed by atoms with E-state index in [1.54, 1.807) is 5.01 Å². The van der Waals surface area contributed by atoms with E-state index in [0.717, 1.165) is 17.8 Å². The number of hydrogen-bond donors (Lipinski definition) is 0. The molecule has 2 atom stereocenters. The van der Waals surface area contributed by atoms with Gasteiger partial charge in [0.05, 0.1) is 16.8 Å². The van der Waals surface area contributed by atoms with E-state index in [1.165, 1.54) is 5.56 Å². The number of rotatable bonds is 2. The van der Waals surface area contributed by atoms with Gasteiger partial charge in [-0.05, 0) is 31.0 Å². The number of hydrazone groups is 1. The molecule has 2 aliphatic rings. The van der Waals surface area contributed by atoms with Crippen LogP contribution in [0.4, 0.5) is 5.69 Å². The van der Waals surface area contributed by atoms with E-state index in [-0.39, 0.29) is 11.8 Å². The summed E-state index contributed by atoms with van der Waals surface area (Å²) in [4.78, 5) is 12.9. The van der Waals surface area contributed by atoms with Crippen LogP contribution in [0, 0.1) is 5.41 Å². The van der Waals surface area contributed by atoms with Gasteiger partial charge in [0.15, 0.2) is 0 Å². The fourth-order valence-electron chi connectivity index (χ4n) is 3.36. The minimum Gasteiger partial charge on any atom is -0.271 e. The van der Waals surface area contributed by atoms with E-state index in [1.807, 2.05) is 55.5 Å². The van der Waals surface area contributed by atoms with Crippen LogP contribution in [0.2, 0.25) is 0 Å². The first-order chi connectivity index (χ1) is 10.2. The van der Waals surface area contributed by atoms with Crippen molar-refractivity contribution in [3.63, 3.8) is 0 Å². The molecule has 104 valence electrons. The smallest absolute Gasteiger partial charge is 0.260 e. The second-order valence-electron chi connectivity index (χ2n) is 5.78. The standard InChI is InChI=1S/C18H16N2O/c1-13-18(12-16(18)14-8-4-2-5-9-14)17(21)20(19-13)15-10-6-3-7-11-15/h2-11,16H,12H2,1H3. The minimum atomic E-state index is -0.406. The molecule has 1 spiro atoms. The van der Waals surface area contributed by atoms with Gasteiger partial charge in [-0.3, -0.25) is 4.79 Å². The average molecular weight is 276 g/mol. The largest absolute Gasteiger partial charge is 0.271 e. The molecule has 0 N–H and O–H groups in total. The Labute approximate surface area is 123 Å². The van der Waals surface area contributed by atoms with Crippen molar-refractivity contribution in [1.29, 1.82) is 0 Å². The molecule has 1 fully saturated rings. The SMILES string of the molecule is CC1=NN(c2ccccc2)C(=O)C12CC2c1ccccc1. The highest BCUT2D eigenvalue weighted by atomic mass is 16.2. The van der Waals surface area contributed by atoms with Crippen molar-refractivity contribution < 1.29 is 4.79 Å². The highest BCUT2D eigenvalue weighted by molar-refractivity contribution is 6.21. The fourth-order valence-corrected chi connectivity index (χ4v) is 3.36. The Bertz CT molecular complexity index is 723. The second-order valence-corrected chi connectivity index (χ2v) is 5.78. The van der Waals surface area contributed by atoms with Crippen molar-refractivity contribution in [3.05, 3.63) is 66.2 Å². The summed E-state index contributed by atoms with van der Waals surface area (Å²) >= 11 is 0. The quantitative estimate of drug-likeness (QED) is 0.825. The van der Waals surface area contributed by atoms with Gasteiger partial charge < -0.3 is 0 Å². The van der Waals surface area contributed by atoms with E-state index in [9.17, 15) is 4.79 Å². The normalized spacial score (nSPS) is 27.1. The van der Waals surface area contributed by atoms with E-state index in [2.05, 4.69) is 17.2 Å². The van der Waals surface area contributed by atoms with Crippen LogP contribution in [-0.4, -0.2) is 11.6 Å². The highest BCUT2D eigenvalue weighted by Crippen LogP contribution is 2.63. The second kappa shape index (κ2) is 4.29. The molecule has 3 nitrogen and oxygen atoms in total. The summed E-state index contributed by atoms with van der Waals surface area (Å²) in [5.74, 6) is 0.378. The lowest BCUT2D eigenvalue weighted by atomic mass is 9.94. The van der Waals surface area contributed by atoms with Gasteiger partial charge in [-0.2, -0.15) is 10.1 Å². The molecule has 0 radical (unpaired) electrons. The third-order valence-corrected chi connectivity index (χ3v) is 4.63. The predicted octanol–water partition coefficient (Wildman–Crippen LogP) is 3.58. The van der Waals surface area contributed by atoms with Crippen molar-refractivity contribution >= 4 is 17.3 Å². The molecule has 2 aromatic carbocycles. The summed E-state index contributed by atoms with van der Waals surface area (Å²) in [7, 11) is 0. The van der Waals surface area contributed by atoms with Gasteiger partial charge in [-0.15, -0.1) is 0 Å². The molecule has 1 aliphatic carbocycles.